The molecule has 142 valence electrons. The van der Waals surface area contributed by atoms with Crippen molar-refractivity contribution < 1.29 is 23.8 Å². The SMILES string of the molecule is COc1ccc(NC(=O)COC(=O)Cc2ccc3c(c2)CCC3)c(OC)c1. The van der Waals surface area contributed by atoms with E-state index < -0.39 is 11.9 Å². The molecule has 0 unspecified atom stereocenters. The number of amides is 1. The first-order valence-electron chi connectivity index (χ1n) is 8.87. The predicted octanol–water partition coefficient (Wildman–Crippen LogP) is 2.92. The molecule has 0 radical (unpaired) electrons. The molecule has 1 aliphatic carbocycles. The summed E-state index contributed by atoms with van der Waals surface area (Å²) in [5, 5.41) is 2.67. The van der Waals surface area contributed by atoms with Crippen LogP contribution in [-0.2, 0) is 33.6 Å². The Kier molecular flexibility index (Phi) is 5.96. The Hall–Kier alpha value is -3.02. The van der Waals surface area contributed by atoms with E-state index in [1.165, 1.54) is 18.2 Å². The van der Waals surface area contributed by atoms with Crippen LogP contribution >= 0.6 is 0 Å². The number of carbonyl (C=O) groups is 2. The van der Waals surface area contributed by atoms with Crippen LogP contribution in [0.2, 0.25) is 0 Å². The molecule has 2 aromatic rings. The van der Waals surface area contributed by atoms with Crippen molar-refractivity contribution in [2.75, 3.05) is 26.1 Å². The average Bonchev–Trinajstić information content (AvgIpc) is 3.14. The lowest BCUT2D eigenvalue weighted by atomic mass is 10.0. The molecule has 0 aromatic heterocycles. The van der Waals surface area contributed by atoms with Gasteiger partial charge < -0.3 is 19.5 Å². The van der Waals surface area contributed by atoms with Gasteiger partial charge in [0.1, 0.15) is 11.5 Å². The second kappa shape index (κ2) is 8.58. The maximum Gasteiger partial charge on any atom is 0.310 e. The maximum absolute atomic E-state index is 12.1. The van der Waals surface area contributed by atoms with Crippen molar-refractivity contribution in [3.8, 4) is 11.5 Å². The summed E-state index contributed by atoms with van der Waals surface area (Å²) in [6.07, 6.45) is 3.49. The highest BCUT2D eigenvalue weighted by Gasteiger charge is 2.14. The standard InChI is InChI=1S/C21H23NO5/c1-25-17-8-9-18(19(12-17)26-2)22-20(23)13-27-21(24)11-14-6-7-15-4-3-5-16(15)10-14/h6-10,12H,3-5,11,13H2,1-2H3,(H,22,23). The number of anilines is 1. The van der Waals surface area contributed by atoms with Gasteiger partial charge in [-0.25, -0.2) is 0 Å². The molecule has 2 aromatic carbocycles. The van der Waals surface area contributed by atoms with Gasteiger partial charge >= 0.3 is 5.97 Å². The Morgan fingerprint density at radius 2 is 1.81 bits per heavy atom. The molecule has 0 fully saturated rings. The largest absolute Gasteiger partial charge is 0.497 e. The third-order valence-electron chi connectivity index (χ3n) is 4.56. The number of esters is 1. The van der Waals surface area contributed by atoms with Crippen molar-refractivity contribution in [3.05, 3.63) is 53.1 Å². The van der Waals surface area contributed by atoms with Crippen LogP contribution < -0.4 is 14.8 Å². The van der Waals surface area contributed by atoms with Crippen LogP contribution in [0.25, 0.3) is 0 Å². The molecule has 1 amide bonds. The van der Waals surface area contributed by atoms with Crippen LogP contribution in [-0.4, -0.2) is 32.7 Å². The topological polar surface area (TPSA) is 73.9 Å². The van der Waals surface area contributed by atoms with E-state index in [1.54, 1.807) is 25.3 Å². The lowest BCUT2D eigenvalue weighted by Gasteiger charge is -2.12. The molecule has 3 rings (SSSR count). The summed E-state index contributed by atoms with van der Waals surface area (Å²) < 4.78 is 15.4. The van der Waals surface area contributed by atoms with Crippen molar-refractivity contribution in [2.45, 2.75) is 25.7 Å². The molecule has 6 heteroatoms. The van der Waals surface area contributed by atoms with Crippen LogP contribution in [0.15, 0.2) is 36.4 Å². The van der Waals surface area contributed by atoms with Gasteiger partial charge in [-0.2, -0.15) is 0 Å². The molecule has 1 aliphatic rings. The van der Waals surface area contributed by atoms with E-state index in [0.717, 1.165) is 24.8 Å². The summed E-state index contributed by atoms with van der Waals surface area (Å²) in [5.74, 6) is 0.225. The number of aryl methyl sites for hydroxylation is 2. The number of hydrogen-bond acceptors (Lipinski definition) is 5. The number of ether oxygens (including phenoxy) is 3. The van der Waals surface area contributed by atoms with Crippen molar-refractivity contribution >= 4 is 17.6 Å². The second-order valence-electron chi connectivity index (χ2n) is 6.41. The molecule has 0 spiro atoms. The van der Waals surface area contributed by atoms with Gasteiger partial charge in [-0.15, -0.1) is 0 Å². The van der Waals surface area contributed by atoms with E-state index in [-0.39, 0.29) is 13.0 Å². The lowest BCUT2D eigenvalue weighted by molar-refractivity contribution is -0.146. The summed E-state index contributed by atoms with van der Waals surface area (Å²) in [5.41, 5.74) is 4.07. The Labute approximate surface area is 158 Å². The van der Waals surface area contributed by atoms with Crippen LogP contribution in [0, 0.1) is 0 Å². The van der Waals surface area contributed by atoms with Crippen molar-refractivity contribution in [1.82, 2.24) is 0 Å². The fraction of sp³-hybridized carbons (Fsp3) is 0.333. The van der Waals surface area contributed by atoms with E-state index >= 15 is 0 Å². The number of carbonyl (C=O) groups excluding carboxylic acids is 2. The second-order valence-corrected chi connectivity index (χ2v) is 6.41. The number of methoxy groups -OCH3 is 2. The molecule has 27 heavy (non-hydrogen) atoms. The number of nitrogens with one attached hydrogen (secondary N) is 1. The highest BCUT2D eigenvalue weighted by Crippen LogP contribution is 2.29. The minimum atomic E-state index is -0.430. The molecule has 1 N–H and O–H groups in total. The van der Waals surface area contributed by atoms with Gasteiger partial charge in [-0.05, 0) is 48.1 Å². The quantitative estimate of drug-likeness (QED) is 0.760. The van der Waals surface area contributed by atoms with Crippen LogP contribution in [0.1, 0.15) is 23.1 Å². The molecule has 0 saturated carbocycles. The minimum absolute atomic E-state index is 0.159. The van der Waals surface area contributed by atoms with Gasteiger partial charge in [0.25, 0.3) is 5.91 Å². The highest BCUT2D eigenvalue weighted by atomic mass is 16.5. The summed E-state index contributed by atoms with van der Waals surface area (Å²) in [6, 6.07) is 11.1. The fourth-order valence-electron chi connectivity index (χ4n) is 3.19. The van der Waals surface area contributed by atoms with E-state index in [0.29, 0.717) is 17.2 Å². The molecule has 0 heterocycles. The monoisotopic (exact) mass is 369 g/mol. The third kappa shape index (κ3) is 4.78. The smallest absolute Gasteiger partial charge is 0.310 e. The van der Waals surface area contributed by atoms with Crippen LogP contribution in [0.3, 0.4) is 0 Å². The van der Waals surface area contributed by atoms with Crippen LogP contribution in [0.4, 0.5) is 5.69 Å². The molecule has 0 bridgehead atoms. The number of benzene rings is 2. The highest BCUT2D eigenvalue weighted by molar-refractivity contribution is 5.94. The van der Waals surface area contributed by atoms with Gasteiger partial charge in [0.2, 0.25) is 0 Å². The fourth-order valence-corrected chi connectivity index (χ4v) is 3.19. The van der Waals surface area contributed by atoms with E-state index in [9.17, 15) is 9.59 Å². The van der Waals surface area contributed by atoms with Crippen molar-refractivity contribution in [1.29, 1.82) is 0 Å². The first-order valence-corrected chi connectivity index (χ1v) is 8.87. The Bertz CT molecular complexity index is 846. The Morgan fingerprint density at radius 3 is 2.59 bits per heavy atom. The van der Waals surface area contributed by atoms with Gasteiger partial charge in [-0.3, -0.25) is 9.59 Å². The number of rotatable bonds is 7. The molecule has 0 saturated heterocycles. The molecule has 0 aliphatic heterocycles. The normalized spacial score (nSPS) is 12.2. The third-order valence-corrected chi connectivity index (χ3v) is 4.56. The van der Waals surface area contributed by atoms with E-state index in [2.05, 4.69) is 17.4 Å². The minimum Gasteiger partial charge on any atom is -0.497 e. The summed E-state index contributed by atoms with van der Waals surface area (Å²) in [7, 11) is 3.05. The predicted molar refractivity (Wildman–Crippen MR) is 101 cm³/mol. The number of fused-ring (bicyclic) bond motifs is 1. The van der Waals surface area contributed by atoms with E-state index in [1.807, 2.05) is 6.07 Å². The zero-order valence-corrected chi connectivity index (χ0v) is 15.5. The van der Waals surface area contributed by atoms with E-state index in [4.69, 9.17) is 14.2 Å². The number of hydrogen-bond donors (Lipinski definition) is 1. The zero-order chi connectivity index (χ0) is 19.2. The maximum atomic E-state index is 12.1. The first-order chi connectivity index (χ1) is 13.1. The average molecular weight is 369 g/mol. The molecular weight excluding hydrogens is 346 g/mol. The molecular formula is C21H23NO5. The summed E-state index contributed by atoms with van der Waals surface area (Å²) in [4.78, 5) is 24.1. The summed E-state index contributed by atoms with van der Waals surface area (Å²) >= 11 is 0. The van der Waals surface area contributed by atoms with Gasteiger partial charge in [-0.1, -0.05) is 18.2 Å². The van der Waals surface area contributed by atoms with Crippen LogP contribution in [0.5, 0.6) is 11.5 Å². The van der Waals surface area contributed by atoms with Gasteiger partial charge in [0.05, 0.1) is 26.3 Å². The lowest BCUT2D eigenvalue weighted by Crippen LogP contribution is -2.22. The van der Waals surface area contributed by atoms with Gasteiger partial charge in [0, 0.05) is 6.07 Å². The zero-order valence-electron chi connectivity index (χ0n) is 15.5. The van der Waals surface area contributed by atoms with Crippen molar-refractivity contribution in [3.63, 3.8) is 0 Å². The Morgan fingerprint density at radius 1 is 1.00 bits per heavy atom. The first kappa shape index (κ1) is 18.8. The summed E-state index contributed by atoms with van der Waals surface area (Å²) in [6.45, 7) is -0.348. The molecule has 0 atom stereocenters. The van der Waals surface area contributed by atoms with Gasteiger partial charge in [0.15, 0.2) is 6.61 Å². The molecule has 6 nitrogen and oxygen atoms in total. The van der Waals surface area contributed by atoms with Crippen molar-refractivity contribution in [2.24, 2.45) is 0 Å². The Balaban J connectivity index is 1.51.